The molecule has 0 amide bonds. The minimum absolute atomic E-state index is 0.0809. The zero-order valence-electron chi connectivity index (χ0n) is 10.3. The summed E-state index contributed by atoms with van der Waals surface area (Å²) in [6.45, 7) is 3.40. The number of thiophene rings is 1. The second-order valence-corrected chi connectivity index (χ2v) is 7.55. The molecule has 0 unspecified atom stereocenters. The molecule has 108 valence electrons. The predicted molar refractivity (Wildman–Crippen MR) is 71.7 cm³/mol. The molecule has 1 fully saturated rings. The molecule has 0 aliphatic carbocycles. The van der Waals surface area contributed by atoms with Crippen LogP contribution < -0.4 is 4.72 Å². The van der Waals surface area contributed by atoms with Crippen LogP contribution in [0.4, 0.5) is 0 Å². The first-order valence-electron chi connectivity index (χ1n) is 5.49. The second kappa shape index (κ2) is 5.28. The minimum Gasteiger partial charge on any atom is -0.343 e. The van der Waals surface area contributed by atoms with Gasteiger partial charge in [0.25, 0.3) is 0 Å². The van der Waals surface area contributed by atoms with Crippen molar-refractivity contribution in [3.8, 4) is 0 Å². The summed E-state index contributed by atoms with van der Waals surface area (Å²) >= 11 is 7.22. The number of rotatable bonds is 4. The maximum atomic E-state index is 10.7. The average Bonchev–Trinajstić information content (AvgIpc) is 2.78. The van der Waals surface area contributed by atoms with Crippen LogP contribution >= 0.6 is 22.9 Å². The van der Waals surface area contributed by atoms with E-state index in [0.717, 1.165) is 4.88 Å². The average molecular weight is 328 g/mol. The van der Waals surface area contributed by atoms with Crippen LogP contribution in [-0.2, 0) is 19.8 Å². The minimum atomic E-state index is -4.26. The lowest BCUT2D eigenvalue weighted by Crippen LogP contribution is -2.34. The summed E-state index contributed by atoms with van der Waals surface area (Å²) in [7, 11) is -4.26. The smallest absolute Gasteiger partial charge is 0.333 e. The van der Waals surface area contributed by atoms with Gasteiger partial charge in [-0.05, 0) is 26.0 Å². The fraction of sp³-hybridized carbons (Fsp3) is 0.600. The van der Waals surface area contributed by atoms with Gasteiger partial charge in [0.2, 0.25) is 0 Å². The van der Waals surface area contributed by atoms with Crippen molar-refractivity contribution in [2.24, 2.45) is 0 Å². The Bertz CT molecular complexity index is 556. The summed E-state index contributed by atoms with van der Waals surface area (Å²) in [6, 6.07) is 3.55. The van der Waals surface area contributed by atoms with E-state index in [-0.39, 0.29) is 6.54 Å². The molecule has 9 heteroatoms. The van der Waals surface area contributed by atoms with Gasteiger partial charge in [-0.3, -0.25) is 4.55 Å². The van der Waals surface area contributed by atoms with Gasteiger partial charge in [0.1, 0.15) is 12.2 Å². The highest BCUT2D eigenvalue weighted by Crippen LogP contribution is 2.41. The molecule has 1 aromatic rings. The zero-order chi connectivity index (χ0) is 14.3. The number of ether oxygens (including phenoxy) is 2. The number of hydrogen-bond donors (Lipinski definition) is 2. The van der Waals surface area contributed by atoms with Crippen molar-refractivity contribution in [1.82, 2.24) is 4.72 Å². The Kier molecular flexibility index (Phi) is 4.22. The van der Waals surface area contributed by atoms with E-state index < -0.39 is 28.3 Å². The summed E-state index contributed by atoms with van der Waals surface area (Å²) in [6.07, 6.45) is -0.964. The molecule has 0 aromatic carbocycles. The Hall–Kier alpha value is -0.220. The van der Waals surface area contributed by atoms with Crippen molar-refractivity contribution in [3.05, 3.63) is 21.3 Å². The molecule has 19 heavy (non-hydrogen) atoms. The molecular weight excluding hydrogens is 314 g/mol. The van der Waals surface area contributed by atoms with Crippen molar-refractivity contribution in [3.63, 3.8) is 0 Å². The van der Waals surface area contributed by atoms with Gasteiger partial charge in [-0.2, -0.15) is 13.1 Å². The lowest BCUT2D eigenvalue weighted by Gasteiger charge is -2.16. The van der Waals surface area contributed by atoms with Crippen molar-refractivity contribution >= 4 is 33.2 Å². The first-order valence-corrected chi connectivity index (χ1v) is 8.13. The van der Waals surface area contributed by atoms with Crippen LogP contribution in [0.5, 0.6) is 0 Å². The Balaban J connectivity index is 2.15. The molecule has 6 nitrogen and oxygen atoms in total. The van der Waals surface area contributed by atoms with Gasteiger partial charge in [0.05, 0.1) is 4.34 Å². The van der Waals surface area contributed by atoms with Crippen molar-refractivity contribution < 1.29 is 22.4 Å². The number of halogens is 1. The van der Waals surface area contributed by atoms with E-state index in [0.29, 0.717) is 4.34 Å². The molecule has 2 heterocycles. The summed E-state index contributed by atoms with van der Waals surface area (Å²) in [4.78, 5) is 0.845. The van der Waals surface area contributed by atoms with Crippen LogP contribution in [0.1, 0.15) is 24.8 Å². The Morgan fingerprint density at radius 1 is 1.47 bits per heavy atom. The standard InChI is InChI=1S/C10H14ClNO5S2/c1-10(2)16-6(5-12-19(13,14)15)9(17-10)7-3-4-8(11)18-7/h3-4,6,9,12H,5H2,1-2H3,(H,13,14,15)/t6-,9+/m0/s1. The van der Waals surface area contributed by atoms with Gasteiger partial charge < -0.3 is 9.47 Å². The molecule has 2 N–H and O–H groups in total. The van der Waals surface area contributed by atoms with Crippen LogP contribution in [0, 0.1) is 0 Å². The monoisotopic (exact) mass is 327 g/mol. The van der Waals surface area contributed by atoms with E-state index in [2.05, 4.69) is 0 Å². The number of nitrogens with one attached hydrogen (secondary N) is 1. The maximum Gasteiger partial charge on any atom is 0.333 e. The highest BCUT2D eigenvalue weighted by Gasteiger charge is 2.42. The maximum absolute atomic E-state index is 10.7. The molecule has 0 radical (unpaired) electrons. The molecule has 1 aliphatic heterocycles. The molecule has 1 aliphatic rings. The van der Waals surface area contributed by atoms with Crippen molar-refractivity contribution in [2.45, 2.75) is 31.8 Å². The zero-order valence-corrected chi connectivity index (χ0v) is 12.7. The van der Waals surface area contributed by atoms with Crippen LogP contribution in [0.2, 0.25) is 4.34 Å². The first kappa shape index (κ1) is 15.2. The van der Waals surface area contributed by atoms with Crippen LogP contribution in [0.25, 0.3) is 0 Å². The molecule has 0 bridgehead atoms. The Morgan fingerprint density at radius 3 is 2.68 bits per heavy atom. The van der Waals surface area contributed by atoms with E-state index in [1.54, 1.807) is 19.9 Å². The molecule has 2 rings (SSSR count). The van der Waals surface area contributed by atoms with Crippen LogP contribution in [0.3, 0.4) is 0 Å². The summed E-state index contributed by atoms with van der Waals surface area (Å²) in [5.41, 5.74) is 0. The molecule has 0 saturated carbocycles. The Morgan fingerprint density at radius 2 is 2.16 bits per heavy atom. The third kappa shape index (κ3) is 4.12. The lowest BCUT2D eigenvalue weighted by molar-refractivity contribution is -0.146. The molecule has 2 atom stereocenters. The van der Waals surface area contributed by atoms with Gasteiger partial charge in [-0.1, -0.05) is 11.6 Å². The second-order valence-electron chi connectivity index (χ2n) is 4.56. The quantitative estimate of drug-likeness (QED) is 0.826. The molecule has 1 saturated heterocycles. The molecule has 0 spiro atoms. The lowest BCUT2D eigenvalue weighted by atomic mass is 10.2. The van der Waals surface area contributed by atoms with Crippen LogP contribution in [-0.4, -0.2) is 31.4 Å². The van der Waals surface area contributed by atoms with Crippen molar-refractivity contribution in [1.29, 1.82) is 0 Å². The summed E-state index contributed by atoms with van der Waals surface area (Å²) in [5, 5.41) is 0. The van der Waals surface area contributed by atoms with Crippen LogP contribution in [0.15, 0.2) is 12.1 Å². The highest BCUT2D eigenvalue weighted by molar-refractivity contribution is 7.83. The van der Waals surface area contributed by atoms with E-state index in [1.165, 1.54) is 11.3 Å². The highest BCUT2D eigenvalue weighted by atomic mass is 35.5. The Labute approximate surface area is 120 Å². The molecule has 1 aromatic heterocycles. The van der Waals surface area contributed by atoms with E-state index >= 15 is 0 Å². The fourth-order valence-electron chi connectivity index (χ4n) is 1.89. The summed E-state index contributed by atoms with van der Waals surface area (Å²) in [5.74, 6) is -0.827. The predicted octanol–water partition coefficient (Wildman–Crippen LogP) is 1.99. The SMILES string of the molecule is CC1(C)O[C@@H](CNS(=O)(=O)O)[C@H](c2ccc(Cl)s2)O1. The molecular formula is C10H14ClNO5S2. The largest absolute Gasteiger partial charge is 0.343 e. The van der Waals surface area contributed by atoms with E-state index in [9.17, 15) is 8.42 Å². The van der Waals surface area contributed by atoms with Gasteiger partial charge in [0.15, 0.2) is 5.79 Å². The third-order valence-corrected chi connectivity index (χ3v) is 4.35. The van der Waals surface area contributed by atoms with E-state index in [1.807, 2.05) is 10.8 Å². The van der Waals surface area contributed by atoms with E-state index in [4.69, 9.17) is 25.6 Å². The van der Waals surface area contributed by atoms with Crippen molar-refractivity contribution in [2.75, 3.05) is 6.54 Å². The first-order chi connectivity index (χ1) is 8.66. The van der Waals surface area contributed by atoms with Gasteiger partial charge in [-0.25, -0.2) is 0 Å². The summed E-state index contributed by atoms with van der Waals surface area (Å²) < 4.78 is 44.1. The number of hydrogen-bond acceptors (Lipinski definition) is 5. The third-order valence-electron chi connectivity index (χ3n) is 2.52. The fourth-order valence-corrected chi connectivity index (χ4v) is 3.41. The van der Waals surface area contributed by atoms with Gasteiger partial charge in [-0.15, -0.1) is 11.3 Å². The van der Waals surface area contributed by atoms with Gasteiger partial charge >= 0.3 is 10.3 Å². The normalized spacial score (nSPS) is 26.7. The topological polar surface area (TPSA) is 84.9 Å². The van der Waals surface area contributed by atoms with Gasteiger partial charge in [0, 0.05) is 11.4 Å².